The van der Waals surface area contributed by atoms with Gasteiger partial charge in [0, 0.05) is 45.8 Å². The molecule has 0 radical (unpaired) electrons. The van der Waals surface area contributed by atoms with E-state index in [2.05, 4.69) is 49.0 Å². The van der Waals surface area contributed by atoms with E-state index >= 15 is 0 Å². The molecule has 2 heterocycles. The maximum Gasteiger partial charge on any atom is 0.180 e. The van der Waals surface area contributed by atoms with Crippen LogP contribution in [0, 0.1) is 0 Å². The normalized spacial score (nSPS) is 10.7. The van der Waals surface area contributed by atoms with Crippen molar-refractivity contribution in [3.63, 3.8) is 0 Å². The van der Waals surface area contributed by atoms with Gasteiger partial charge in [-0.15, -0.1) is 0 Å². The molecule has 1 aromatic carbocycles. The van der Waals surface area contributed by atoms with Crippen molar-refractivity contribution in [3.8, 4) is 0 Å². The first-order chi connectivity index (χ1) is 10.6. The van der Waals surface area contributed by atoms with Gasteiger partial charge >= 0.3 is 0 Å². The van der Waals surface area contributed by atoms with Crippen LogP contribution < -0.4 is 9.80 Å². The van der Waals surface area contributed by atoms with Crippen molar-refractivity contribution in [2.75, 3.05) is 30.9 Å². The Morgan fingerprint density at radius 3 is 2.59 bits per heavy atom. The molecule has 22 heavy (non-hydrogen) atoms. The van der Waals surface area contributed by atoms with Gasteiger partial charge in [0.25, 0.3) is 0 Å². The van der Waals surface area contributed by atoms with E-state index in [1.54, 1.807) is 12.4 Å². The molecule has 3 rings (SSSR count). The molecule has 0 bridgehead atoms. The van der Waals surface area contributed by atoms with E-state index in [-0.39, 0.29) is 0 Å². The molecule has 2 aromatic heterocycles. The quantitative estimate of drug-likeness (QED) is 0.740. The second kappa shape index (κ2) is 5.97. The Hall–Kier alpha value is -2.69. The third-order valence-corrected chi connectivity index (χ3v) is 3.55. The molecule has 0 saturated carbocycles. The summed E-state index contributed by atoms with van der Waals surface area (Å²) in [7, 11) is 6.13. The fraction of sp³-hybridized carbons (Fsp3) is 0.235. The van der Waals surface area contributed by atoms with Crippen molar-refractivity contribution in [1.29, 1.82) is 0 Å². The molecule has 0 amide bonds. The number of aromatic nitrogens is 3. The van der Waals surface area contributed by atoms with Crippen molar-refractivity contribution in [1.82, 2.24) is 15.0 Å². The molecule has 0 fully saturated rings. The van der Waals surface area contributed by atoms with Crippen molar-refractivity contribution >= 4 is 22.7 Å². The molecule has 3 aromatic rings. The highest BCUT2D eigenvalue weighted by molar-refractivity contribution is 5.71. The van der Waals surface area contributed by atoms with E-state index < -0.39 is 0 Å². The summed E-state index contributed by atoms with van der Waals surface area (Å²) >= 11 is 0. The van der Waals surface area contributed by atoms with Gasteiger partial charge in [-0.1, -0.05) is 12.1 Å². The molecule has 5 nitrogen and oxygen atoms in total. The van der Waals surface area contributed by atoms with Crippen LogP contribution in [0.2, 0.25) is 0 Å². The summed E-state index contributed by atoms with van der Waals surface area (Å²) in [5.41, 5.74) is 3.93. The molecule has 0 aliphatic carbocycles. The molecular weight excluding hydrogens is 274 g/mol. The molecule has 0 spiro atoms. The fourth-order valence-corrected chi connectivity index (χ4v) is 2.34. The number of nitrogens with zero attached hydrogens (tertiary/aromatic N) is 5. The Morgan fingerprint density at radius 1 is 0.955 bits per heavy atom. The van der Waals surface area contributed by atoms with E-state index in [1.807, 2.05) is 33.3 Å². The minimum Gasteiger partial charge on any atom is -0.378 e. The van der Waals surface area contributed by atoms with Gasteiger partial charge < -0.3 is 9.80 Å². The summed E-state index contributed by atoms with van der Waals surface area (Å²) in [6.45, 7) is 0.792. The van der Waals surface area contributed by atoms with Crippen molar-refractivity contribution in [3.05, 3.63) is 54.4 Å². The van der Waals surface area contributed by atoms with Crippen molar-refractivity contribution in [2.24, 2.45) is 0 Å². The first kappa shape index (κ1) is 14.3. The zero-order chi connectivity index (χ0) is 15.5. The lowest BCUT2D eigenvalue weighted by Crippen LogP contribution is -2.18. The Labute approximate surface area is 130 Å². The minimum atomic E-state index is 0.675. The predicted molar refractivity (Wildman–Crippen MR) is 90.2 cm³/mol. The van der Waals surface area contributed by atoms with Gasteiger partial charge in [-0.3, -0.25) is 4.98 Å². The Morgan fingerprint density at radius 2 is 1.77 bits per heavy atom. The van der Waals surface area contributed by atoms with Crippen LogP contribution in [0.25, 0.3) is 11.2 Å². The van der Waals surface area contributed by atoms with Crippen LogP contribution in [-0.2, 0) is 6.54 Å². The number of fused-ring (bicyclic) bond motifs is 1. The van der Waals surface area contributed by atoms with E-state index in [4.69, 9.17) is 0 Å². The SMILES string of the molecule is CN(C)c1cccc(CN(C)c2ccc3nccnc3n2)c1. The maximum absolute atomic E-state index is 4.57. The summed E-state index contributed by atoms with van der Waals surface area (Å²) < 4.78 is 0. The van der Waals surface area contributed by atoms with Gasteiger partial charge in [-0.2, -0.15) is 0 Å². The smallest absolute Gasteiger partial charge is 0.180 e. The molecule has 0 unspecified atom stereocenters. The lowest BCUT2D eigenvalue weighted by molar-refractivity contribution is 0.899. The summed E-state index contributed by atoms with van der Waals surface area (Å²) in [5.74, 6) is 0.892. The second-order valence-electron chi connectivity index (χ2n) is 5.49. The molecule has 0 aliphatic rings. The first-order valence-corrected chi connectivity index (χ1v) is 7.18. The highest BCUT2D eigenvalue weighted by atomic mass is 15.2. The van der Waals surface area contributed by atoms with E-state index in [1.165, 1.54) is 11.3 Å². The Balaban J connectivity index is 1.83. The summed E-state index contributed by atoms with van der Waals surface area (Å²) in [4.78, 5) is 17.3. The minimum absolute atomic E-state index is 0.675. The zero-order valence-corrected chi connectivity index (χ0v) is 13.1. The highest BCUT2D eigenvalue weighted by Crippen LogP contribution is 2.18. The second-order valence-corrected chi connectivity index (χ2v) is 5.49. The van der Waals surface area contributed by atoms with Gasteiger partial charge in [0.2, 0.25) is 0 Å². The van der Waals surface area contributed by atoms with Crippen LogP contribution >= 0.6 is 0 Å². The van der Waals surface area contributed by atoms with Crippen LogP contribution in [0.1, 0.15) is 5.56 Å². The molecule has 0 N–H and O–H groups in total. The largest absolute Gasteiger partial charge is 0.378 e. The number of hydrogen-bond acceptors (Lipinski definition) is 5. The zero-order valence-electron chi connectivity index (χ0n) is 13.1. The summed E-state index contributed by atoms with van der Waals surface area (Å²) in [5, 5.41) is 0. The lowest BCUT2D eigenvalue weighted by Gasteiger charge is -2.20. The highest BCUT2D eigenvalue weighted by Gasteiger charge is 2.07. The van der Waals surface area contributed by atoms with Crippen LogP contribution in [0.4, 0.5) is 11.5 Å². The lowest BCUT2D eigenvalue weighted by atomic mass is 10.2. The van der Waals surface area contributed by atoms with Crippen LogP contribution in [0.5, 0.6) is 0 Å². The predicted octanol–water partition coefficient (Wildman–Crippen LogP) is 2.73. The van der Waals surface area contributed by atoms with Gasteiger partial charge in [-0.05, 0) is 29.8 Å². The van der Waals surface area contributed by atoms with Gasteiger partial charge in [0.1, 0.15) is 11.3 Å². The third kappa shape index (κ3) is 2.98. The first-order valence-electron chi connectivity index (χ1n) is 7.18. The number of hydrogen-bond donors (Lipinski definition) is 0. The average molecular weight is 293 g/mol. The number of pyridine rings is 1. The van der Waals surface area contributed by atoms with Crippen molar-refractivity contribution < 1.29 is 0 Å². The van der Waals surface area contributed by atoms with E-state index in [0.29, 0.717) is 5.65 Å². The molecule has 112 valence electrons. The van der Waals surface area contributed by atoms with Gasteiger partial charge in [-0.25, -0.2) is 9.97 Å². The van der Waals surface area contributed by atoms with Crippen LogP contribution in [-0.4, -0.2) is 36.1 Å². The van der Waals surface area contributed by atoms with E-state index in [0.717, 1.165) is 17.9 Å². The molecule has 5 heteroatoms. The van der Waals surface area contributed by atoms with Gasteiger partial charge in [0.15, 0.2) is 5.65 Å². The summed E-state index contributed by atoms with van der Waals surface area (Å²) in [6.07, 6.45) is 3.35. The Bertz CT molecular complexity index is 785. The topological polar surface area (TPSA) is 45.2 Å². The standard InChI is InChI=1S/C17H19N5/c1-21(2)14-6-4-5-13(11-14)12-22(3)16-8-7-15-17(20-16)19-10-9-18-15/h4-11H,12H2,1-3H3. The van der Waals surface area contributed by atoms with Gasteiger partial charge in [0.05, 0.1) is 0 Å². The molecule has 0 atom stereocenters. The van der Waals surface area contributed by atoms with E-state index in [9.17, 15) is 0 Å². The maximum atomic E-state index is 4.57. The number of anilines is 2. The average Bonchev–Trinajstić information content (AvgIpc) is 2.54. The third-order valence-electron chi connectivity index (χ3n) is 3.55. The summed E-state index contributed by atoms with van der Waals surface area (Å²) in [6, 6.07) is 12.4. The number of rotatable bonds is 4. The fourth-order valence-electron chi connectivity index (χ4n) is 2.34. The van der Waals surface area contributed by atoms with Crippen molar-refractivity contribution in [2.45, 2.75) is 6.54 Å². The molecule has 0 saturated heterocycles. The molecule has 0 aliphatic heterocycles. The Kier molecular flexibility index (Phi) is 3.87. The monoisotopic (exact) mass is 293 g/mol. The van der Waals surface area contributed by atoms with Crippen LogP contribution in [0.3, 0.4) is 0 Å². The number of benzene rings is 1. The molecular formula is C17H19N5. The van der Waals surface area contributed by atoms with Crippen LogP contribution in [0.15, 0.2) is 48.8 Å².